The van der Waals surface area contributed by atoms with Crippen molar-refractivity contribution < 1.29 is 14.6 Å². The predicted octanol–water partition coefficient (Wildman–Crippen LogP) is 4.77. The van der Waals surface area contributed by atoms with E-state index in [0.29, 0.717) is 24.3 Å². The van der Waals surface area contributed by atoms with Gasteiger partial charge in [-0.2, -0.15) is 0 Å². The molecule has 1 N–H and O–H groups in total. The first-order chi connectivity index (χ1) is 17.7. The third-order valence-electron chi connectivity index (χ3n) is 7.29. The summed E-state index contributed by atoms with van der Waals surface area (Å²) >= 11 is 0. The second-order valence-corrected chi connectivity index (χ2v) is 9.65. The number of rotatable bonds is 12. The van der Waals surface area contributed by atoms with Crippen LogP contribution in [0, 0.1) is 5.92 Å². The Morgan fingerprint density at radius 3 is 2.50 bits per heavy atom. The standard InChI is InChI=1S/C30H39N3O3/c1-35-19-18-33(23-27-10-6-7-15-31-27)29(20-24-8-4-3-5-9-24)25-13-16-32(17-14-25)22-26-21-28(36-2)11-12-30(26)34/h3-12,15,21,25,29,34H,13-14,16-20,22-23H2,1-2H3/t29-/m0/s1. The van der Waals surface area contributed by atoms with Gasteiger partial charge in [-0.25, -0.2) is 0 Å². The first kappa shape index (κ1) is 26.1. The topological polar surface area (TPSA) is 58.1 Å². The molecule has 4 rings (SSSR count). The van der Waals surface area contributed by atoms with Gasteiger partial charge in [-0.05, 0) is 74.2 Å². The molecule has 1 saturated heterocycles. The third kappa shape index (κ3) is 7.29. The monoisotopic (exact) mass is 489 g/mol. The molecule has 0 unspecified atom stereocenters. The minimum absolute atomic E-state index is 0.334. The summed E-state index contributed by atoms with van der Waals surface area (Å²) < 4.78 is 10.9. The molecule has 1 fully saturated rings. The van der Waals surface area contributed by atoms with Crippen molar-refractivity contribution >= 4 is 0 Å². The van der Waals surface area contributed by atoms with Crippen LogP contribution in [0.1, 0.15) is 29.7 Å². The highest BCUT2D eigenvalue weighted by Gasteiger charge is 2.31. The average molecular weight is 490 g/mol. The second kappa shape index (κ2) is 13.4. The normalized spacial score (nSPS) is 15.8. The fourth-order valence-electron chi connectivity index (χ4n) is 5.27. The first-order valence-corrected chi connectivity index (χ1v) is 12.9. The molecule has 1 aliphatic heterocycles. The van der Waals surface area contributed by atoms with Crippen LogP contribution >= 0.6 is 0 Å². The first-order valence-electron chi connectivity index (χ1n) is 12.9. The molecule has 36 heavy (non-hydrogen) atoms. The molecule has 1 atom stereocenters. The molecule has 6 nitrogen and oxygen atoms in total. The Kier molecular flexibility index (Phi) is 9.73. The summed E-state index contributed by atoms with van der Waals surface area (Å²) in [6, 6.07) is 22.8. The number of ether oxygens (including phenoxy) is 2. The fraction of sp³-hybridized carbons (Fsp3) is 0.433. The Morgan fingerprint density at radius 2 is 1.81 bits per heavy atom. The number of nitrogens with zero attached hydrogens (tertiary/aromatic N) is 3. The molecule has 0 saturated carbocycles. The van der Waals surface area contributed by atoms with E-state index in [0.717, 1.165) is 69.0 Å². The zero-order chi connectivity index (χ0) is 25.2. The predicted molar refractivity (Wildman–Crippen MR) is 143 cm³/mol. The molecule has 0 spiro atoms. The number of benzene rings is 2. The van der Waals surface area contributed by atoms with E-state index in [1.807, 2.05) is 18.3 Å². The quantitative estimate of drug-likeness (QED) is 0.396. The van der Waals surface area contributed by atoms with Crippen LogP contribution in [-0.4, -0.2) is 66.4 Å². The lowest BCUT2D eigenvalue weighted by molar-refractivity contribution is 0.0562. The van der Waals surface area contributed by atoms with Gasteiger partial charge in [0.15, 0.2) is 0 Å². The van der Waals surface area contributed by atoms with Crippen molar-refractivity contribution in [3.8, 4) is 11.5 Å². The van der Waals surface area contributed by atoms with E-state index in [1.165, 1.54) is 5.56 Å². The van der Waals surface area contributed by atoms with E-state index in [-0.39, 0.29) is 0 Å². The summed E-state index contributed by atoms with van der Waals surface area (Å²) in [6.45, 7) is 5.15. The van der Waals surface area contributed by atoms with Crippen molar-refractivity contribution in [2.24, 2.45) is 5.92 Å². The Labute approximate surface area is 215 Å². The van der Waals surface area contributed by atoms with Crippen molar-refractivity contribution in [1.29, 1.82) is 0 Å². The summed E-state index contributed by atoms with van der Waals surface area (Å²) in [5, 5.41) is 10.4. The molecule has 1 aliphatic rings. The third-order valence-corrected chi connectivity index (χ3v) is 7.29. The van der Waals surface area contributed by atoms with E-state index < -0.39 is 0 Å². The number of phenols is 1. The van der Waals surface area contributed by atoms with Crippen LogP contribution in [0.4, 0.5) is 0 Å². The maximum absolute atomic E-state index is 10.4. The summed E-state index contributed by atoms with van der Waals surface area (Å²) in [5.41, 5.74) is 3.39. The molecular weight excluding hydrogens is 450 g/mol. The molecule has 3 aromatic rings. The smallest absolute Gasteiger partial charge is 0.120 e. The van der Waals surface area contributed by atoms with Crippen LogP contribution in [0.5, 0.6) is 11.5 Å². The lowest BCUT2D eigenvalue weighted by Gasteiger charge is -2.41. The summed E-state index contributed by atoms with van der Waals surface area (Å²) in [5.74, 6) is 1.69. The Hall–Kier alpha value is -2.93. The molecule has 6 heteroatoms. The molecule has 2 heterocycles. The van der Waals surface area contributed by atoms with E-state index >= 15 is 0 Å². The molecule has 0 amide bonds. The Morgan fingerprint density at radius 1 is 1.03 bits per heavy atom. The molecule has 0 bridgehead atoms. The van der Waals surface area contributed by atoms with E-state index in [9.17, 15) is 5.11 Å². The van der Waals surface area contributed by atoms with Crippen molar-refractivity contribution in [2.75, 3.05) is 40.5 Å². The maximum atomic E-state index is 10.4. The van der Waals surface area contributed by atoms with Crippen LogP contribution in [0.25, 0.3) is 0 Å². The zero-order valence-electron chi connectivity index (χ0n) is 21.6. The number of methoxy groups -OCH3 is 2. The number of piperidine rings is 1. The highest BCUT2D eigenvalue weighted by Crippen LogP contribution is 2.30. The van der Waals surface area contributed by atoms with Crippen molar-refractivity contribution in [3.63, 3.8) is 0 Å². The van der Waals surface area contributed by atoms with Crippen molar-refractivity contribution in [1.82, 2.24) is 14.8 Å². The number of hydrogen-bond donors (Lipinski definition) is 1. The van der Waals surface area contributed by atoms with Crippen molar-refractivity contribution in [3.05, 3.63) is 89.7 Å². The van der Waals surface area contributed by atoms with Crippen LogP contribution in [0.3, 0.4) is 0 Å². The number of aromatic hydroxyl groups is 1. The molecule has 0 radical (unpaired) electrons. The van der Waals surface area contributed by atoms with Gasteiger partial charge in [0.05, 0.1) is 19.4 Å². The molecule has 2 aromatic carbocycles. The zero-order valence-corrected chi connectivity index (χ0v) is 21.6. The minimum Gasteiger partial charge on any atom is -0.508 e. The second-order valence-electron chi connectivity index (χ2n) is 9.65. The van der Waals surface area contributed by atoms with Gasteiger partial charge in [-0.15, -0.1) is 0 Å². The Bertz CT molecular complexity index is 1040. The lowest BCUT2D eigenvalue weighted by Crippen LogP contribution is -2.47. The summed E-state index contributed by atoms with van der Waals surface area (Å²) in [6.07, 6.45) is 5.13. The van der Waals surface area contributed by atoms with Gasteiger partial charge in [-0.3, -0.25) is 14.8 Å². The van der Waals surface area contributed by atoms with Gasteiger partial charge >= 0.3 is 0 Å². The average Bonchev–Trinajstić information content (AvgIpc) is 2.93. The molecule has 1 aromatic heterocycles. The molecule has 192 valence electrons. The molecular formula is C30H39N3O3. The van der Waals surface area contributed by atoms with Crippen molar-refractivity contribution in [2.45, 2.75) is 38.4 Å². The number of likely N-dealkylation sites (tertiary alicyclic amines) is 1. The maximum Gasteiger partial charge on any atom is 0.120 e. The SMILES string of the molecule is COCCN(Cc1ccccn1)[C@@H](Cc1ccccc1)C1CCN(Cc2cc(OC)ccc2O)CC1. The summed E-state index contributed by atoms with van der Waals surface area (Å²) in [7, 11) is 3.44. The largest absolute Gasteiger partial charge is 0.508 e. The highest BCUT2D eigenvalue weighted by molar-refractivity contribution is 5.39. The van der Waals surface area contributed by atoms with Crippen LogP contribution in [0.2, 0.25) is 0 Å². The number of pyridine rings is 1. The van der Waals surface area contributed by atoms with E-state index in [4.69, 9.17) is 9.47 Å². The highest BCUT2D eigenvalue weighted by atomic mass is 16.5. The van der Waals surface area contributed by atoms with Gasteiger partial charge in [0.1, 0.15) is 11.5 Å². The molecule has 0 aliphatic carbocycles. The number of aromatic nitrogens is 1. The van der Waals surface area contributed by atoms with Crippen LogP contribution in [-0.2, 0) is 24.2 Å². The van der Waals surface area contributed by atoms with Gasteiger partial charge in [0.2, 0.25) is 0 Å². The van der Waals surface area contributed by atoms with Gasteiger partial charge < -0.3 is 14.6 Å². The number of hydrogen-bond acceptors (Lipinski definition) is 6. The number of phenolic OH excluding ortho intramolecular Hbond substituents is 1. The van der Waals surface area contributed by atoms with Gasteiger partial charge in [0, 0.05) is 44.5 Å². The minimum atomic E-state index is 0.334. The van der Waals surface area contributed by atoms with Gasteiger partial charge in [0.25, 0.3) is 0 Å². The van der Waals surface area contributed by atoms with E-state index in [1.54, 1.807) is 26.4 Å². The van der Waals surface area contributed by atoms with Gasteiger partial charge in [-0.1, -0.05) is 36.4 Å². The summed E-state index contributed by atoms with van der Waals surface area (Å²) in [4.78, 5) is 9.64. The Balaban J connectivity index is 1.48. The fourth-order valence-corrected chi connectivity index (χ4v) is 5.27. The lowest BCUT2D eigenvalue weighted by atomic mass is 9.84. The van der Waals surface area contributed by atoms with Crippen LogP contribution in [0.15, 0.2) is 72.9 Å². The van der Waals surface area contributed by atoms with E-state index in [2.05, 4.69) is 57.2 Å². The van der Waals surface area contributed by atoms with Crippen LogP contribution < -0.4 is 4.74 Å².